The molecule has 7 nitrogen and oxygen atoms in total. The zero-order valence-corrected chi connectivity index (χ0v) is 16.3. The number of hydrogen-bond acceptors (Lipinski definition) is 5. The van der Waals surface area contributed by atoms with Gasteiger partial charge in [-0.15, -0.1) is 10.2 Å². The van der Waals surface area contributed by atoms with Crippen molar-refractivity contribution in [2.45, 2.75) is 23.9 Å². The van der Waals surface area contributed by atoms with Crippen LogP contribution < -0.4 is 10.9 Å². The van der Waals surface area contributed by atoms with E-state index < -0.39 is 0 Å². The Morgan fingerprint density at radius 2 is 1.82 bits per heavy atom. The van der Waals surface area contributed by atoms with Gasteiger partial charge in [-0.1, -0.05) is 54.2 Å². The van der Waals surface area contributed by atoms with Crippen molar-refractivity contribution in [3.63, 3.8) is 0 Å². The van der Waals surface area contributed by atoms with E-state index in [1.165, 1.54) is 11.8 Å². The molecule has 1 unspecified atom stereocenters. The molecule has 2 heterocycles. The third kappa shape index (κ3) is 3.16. The van der Waals surface area contributed by atoms with Crippen molar-refractivity contribution in [3.05, 3.63) is 70.5 Å². The Kier molecular flexibility index (Phi) is 4.87. The van der Waals surface area contributed by atoms with Crippen LogP contribution in [0.5, 0.6) is 0 Å². The summed E-state index contributed by atoms with van der Waals surface area (Å²) in [6.45, 7) is 2.20. The maximum atomic E-state index is 13.1. The Morgan fingerprint density at radius 3 is 2.57 bits per heavy atom. The molecule has 142 valence electrons. The van der Waals surface area contributed by atoms with Crippen LogP contribution in [0.25, 0.3) is 16.7 Å². The van der Waals surface area contributed by atoms with Crippen molar-refractivity contribution in [2.24, 2.45) is 0 Å². The van der Waals surface area contributed by atoms with Gasteiger partial charge in [-0.3, -0.25) is 18.6 Å². The van der Waals surface area contributed by atoms with E-state index in [0.29, 0.717) is 22.9 Å². The molecule has 1 N–H and O–H groups in total. The summed E-state index contributed by atoms with van der Waals surface area (Å²) < 4.78 is 3.48. The number of nitrogens with one attached hydrogen (secondary N) is 1. The zero-order chi connectivity index (χ0) is 19.7. The highest BCUT2D eigenvalue weighted by Gasteiger charge is 2.21. The quantitative estimate of drug-likeness (QED) is 0.526. The number of fused-ring (bicyclic) bond motifs is 3. The highest BCUT2D eigenvalue weighted by atomic mass is 32.2. The summed E-state index contributed by atoms with van der Waals surface area (Å²) in [7, 11) is 1.61. The van der Waals surface area contributed by atoms with E-state index in [1.807, 2.05) is 59.9 Å². The third-order valence-electron chi connectivity index (χ3n) is 4.56. The van der Waals surface area contributed by atoms with Gasteiger partial charge in [0.1, 0.15) is 0 Å². The molecule has 0 aliphatic heterocycles. The summed E-state index contributed by atoms with van der Waals surface area (Å²) in [5, 5.41) is 12.0. The first-order chi connectivity index (χ1) is 13.6. The fourth-order valence-corrected chi connectivity index (χ4v) is 4.05. The molecule has 2 aromatic heterocycles. The van der Waals surface area contributed by atoms with Crippen LogP contribution in [-0.4, -0.2) is 37.4 Å². The molecular formula is C20H19N5O2S. The molecule has 0 fully saturated rings. The van der Waals surface area contributed by atoms with Crippen molar-refractivity contribution in [1.29, 1.82) is 0 Å². The van der Waals surface area contributed by atoms with Gasteiger partial charge < -0.3 is 5.32 Å². The lowest BCUT2D eigenvalue weighted by Crippen LogP contribution is -2.27. The summed E-state index contributed by atoms with van der Waals surface area (Å²) in [4.78, 5) is 25.1. The minimum Gasteiger partial charge on any atom is -0.358 e. The van der Waals surface area contributed by atoms with Crippen LogP contribution in [0.4, 0.5) is 0 Å². The molecule has 4 aromatic rings. The van der Waals surface area contributed by atoms with Crippen LogP contribution in [0.1, 0.15) is 12.5 Å². The molecule has 8 heteroatoms. The van der Waals surface area contributed by atoms with Gasteiger partial charge in [-0.05, 0) is 24.6 Å². The average Bonchev–Trinajstić information content (AvgIpc) is 3.14. The van der Waals surface area contributed by atoms with E-state index in [9.17, 15) is 9.59 Å². The topological polar surface area (TPSA) is 81.3 Å². The van der Waals surface area contributed by atoms with Gasteiger partial charge in [0.25, 0.3) is 5.56 Å². The van der Waals surface area contributed by atoms with Gasteiger partial charge in [0.2, 0.25) is 11.7 Å². The van der Waals surface area contributed by atoms with Gasteiger partial charge in [-0.2, -0.15) is 0 Å². The fourth-order valence-electron chi connectivity index (χ4n) is 3.13. The normalized spacial score (nSPS) is 12.4. The van der Waals surface area contributed by atoms with Crippen molar-refractivity contribution < 1.29 is 4.79 Å². The number of benzene rings is 2. The van der Waals surface area contributed by atoms with Crippen molar-refractivity contribution in [3.8, 4) is 0 Å². The smallest absolute Gasteiger partial charge is 0.263 e. The molecule has 4 rings (SSSR count). The predicted molar refractivity (Wildman–Crippen MR) is 110 cm³/mol. The molecule has 0 saturated carbocycles. The van der Waals surface area contributed by atoms with Crippen LogP contribution in [0, 0.1) is 0 Å². The number of amides is 1. The molecule has 28 heavy (non-hydrogen) atoms. The van der Waals surface area contributed by atoms with E-state index in [1.54, 1.807) is 17.7 Å². The van der Waals surface area contributed by atoms with Crippen molar-refractivity contribution in [1.82, 2.24) is 24.5 Å². The molecule has 1 amide bonds. The Balaban J connectivity index is 1.93. The maximum absolute atomic E-state index is 13.1. The molecule has 0 spiro atoms. The fraction of sp³-hybridized carbons (Fsp3) is 0.200. The molecule has 0 radical (unpaired) electrons. The number of carbonyl (C=O) groups excluding carboxylic acids is 1. The van der Waals surface area contributed by atoms with Crippen molar-refractivity contribution >= 4 is 34.3 Å². The molecule has 0 bridgehead atoms. The van der Waals surface area contributed by atoms with Crippen LogP contribution in [0.15, 0.2) is 64.5 Å². The summed E-state index contributed by atoms with van der Waals surface area (Å²) in [6.07, 6.45) is 0. The third-order valence-corrected chi connectivity index (χ3v) is 5.60. The number of carbonyl (C=O) groups is 1. The van der Waals surface area contributed by atoms with Crippen LogP contribution in [-0.2, 0) is 11.3 Å². The second kappa shape index (κ2) is 7.47. The van der Waals surface area contributed by atoms with Gasteiger partial charge in [0.05, 0.1) is 22.7 Å². The Labute approximate surface area is 165 Å². The lowest BCUT2D eigenvalue weighted by molar-refractivity contribution is -0.119. The van der Waals surface area contributed by atoms with Gasteiger partial charge in [0.15, 0.2) is 5.16 Å². The minimum absolute atomic E-state index is 0.0938. The number of rotatable bonds is 5. The first-order valence-corrected chi connectivity index (χ1v) is 9.77. The first kappa shape index (κ1) is 18.2. The number of thioether (sulfide) groups is 1. The molecule has 0 aliphatic rings. The summed E-state index contributed by atoms with van der Waals surface area (Å²) in [5.74, 6) is 0.364. The second-order valence-electron chi connectivity index (χ2n) is 6.39. The Morgan fingerprint density at radius 1 is 1.11 bits per heavy atom. The monoisotopic (exact) mass is 393 g/mol. The number of para-hydroxylation sites is 1. The molecular weight excluding hydrogens is 374 g/mol. The van der Waals surface area contributed by atoms with E-state index >= 15 is 0 Å². The number of hydrogen-bond donors (Lipinski definition) is 1. The summed E-state index contributed by atoms with van der Waals surface area (Å²) in [5.41, 5.74) is 1.61. The Hall–Kier alpha value is -3.13. The van der Waals surface area contributed by atoms with E-state index in [0.717, 1.165) is 11.1 Å². The second-order valence-corrected chi connectivity index (χ2v) is 7.69. The van der Waals surface area contributed by atoms with E-state index in [2.05, 4.69) is 15.5 Å². The van der Waals surface area contributed by atoms with Crippen LogP contribution in [0.3, 0.4) is 0 Å². The van der Waals surface area contributed by atoms with Gasteiger partial charge in [-0.25, -0.2) is 0 Å². The largest absolute Gasteiger partial charge is 0.358 e. The highest BCUT2D eigenvalue weighted by molar-refractivity contribution is 8.00. The van der Waals surface area contributed by atoms with E-state index in [4.69, 9.17) is 0 Å². The SMILES string of the molecule is CNC(=O)C(C)Sc1nnc2n(Cc3ccccc3)c(=O)c3ccccc3n12. The first-order valence-electron chi connectivity index (χ1n) is 8.89. The van der Waals surface area contributed by atoms with Crippen LogP contribution >= 0.6 is 11.8 Å². The summed E-state index contributed by atoms with van der Waals surface area (Å²) >= 11 is 1.31. The van der Waals surface area contributed by atoms with Gasteiger partial charge >= 0.3 is 0 Å². The molecule has 0 aliphatic carbocycles. The number of nitrogens with zero attached hydrogens (tertiary/aromatic N) is 4. The lowest BCUT2D eigenvalue weighted by Gasteiger charge is -2.12. The summed E-state index contributed by atoms with van der Waals surface area (Å²) in [6, 6.07) is 17.1. The van der Waals surface area contributed by atoms with Gasteiger partial charge in [0, 0.05) is 7.05 Å². The van der Waals surface area contributed by atoms with Crippen LogP contribution in [0.2, 0.25) is 0 Å². The van der Waals surface area contributed by atoms with E-state index in [-0.39, 0.29) is 16.7 Å². The minimum atomic E-state index is -0.342. The van der Waals surface area contributed by atoms with Crippen molar-refractivity contribution in [2.75, 3.05) is 7.05 Å². The lowest BCUT2D eigenvalue weighted by atomic mass is 10.2. The molecule has 1 atom stereocenters. The Bertz CT molecular complexity index is 1220. The highest BCUT2D eigenvalue weighted by Crippen LogP contribution is 2.25. The standard InChI is InChI=1S/C20H19N5O2S/c1-13(17(26)21-2)28-20-23-22-19-24(12-14-8-4-3-5-9-14)18(27)15-10-6-7-11-16(15)25(19)20/h3-11,13H,12H2,1-2H3,(H,21,26). The maximum Gasteiger partial charge on any atom is 0.263 e. The zero-order valence-electron chi connectivity index (χ0n) is 15.5. The average molecular weight is 393 g/mol. The molecule has 0 saturated heterocycles. The predicted octanol–water partition coefficient (Wildman–Crippen LogP) is 2.32. The number of aromatic nitrogens is 4. The molecule has 2 aromatic carbocycles.